The van der Waals surface area contributed by atoms with Crippen molar-refractivity contribution >= 4 is 12.0 Å². The van der Waals surface area contributed by atoms with Gasteiger partial charge < -0.3 is 20.1 Å². The molecule has 2 N–H and O–H groups in total. The molecule has 0 aromatic carbocycles. The first-order valence-corrected chi connectivity index (χ1v) is 7.84. The predicted octanol–water partition coefficient (Wildman–Crippen LogP) is 1.84. The smallest absolute Gasteiger partial charge is 0.326 e. The molecule has 1 saturated carbocycles. The van der Waals surface area contributed by atoms with Crippen molar-refractivity contribution in [3.63, 3.8) is 0 Å². The van der Waals surface area contributed by atoms with Gasteiger partial charge in [-0.2, -0.15) is 0 Å². The van der Waals surface area contributed by atoms with Gasteiger partial charge in [0.25, 0.3) is 0 Å². The van der Waals surface area contributed by atoms with Crippen LogP contribution in [0.1, 0.15) is 45.4 Å². The van der Waals surface area contributed by atoms with Crippen molar-refractivity contribution in [3.05, 3.63) is 0 Å². The third-order valence-corrected chi connectivity index (χ3v) is 4.73. The number of urea groups is 1. The van der Waals surface area contributed by atoms with E-state index in [1.165, 1.54) is 11.3 Å². The number of carbonyl (C=O) groups excluding carboxylic acids is 1. The molecule has 0 aromatic heterocycles. The molecule has 1 aliphatic heterocycles. The molecule has 2 aliphatic rings. The Morgan fingerprint density at radius 3 is 2.67 bits per heavy atom. The molecule has 6 nitrogen and oxygen atoms in total. The minimum Gasteiger partial charge on any atom is -0.480 e. The number of hydrogen-bond acceptors (Lipinski definition) is 3. The molecule has 6 heteroatoms. The lowest BCUT2D eigenvalue weighted by Gasteiger charge is -2.25. The average Bonchev–Trinajstić information content (AvgIpc) is 2.79. The zero-order valence-corrected chi connectivity index (χ0v) is 12.9. The summed E-state index contributed by atoms with van der Waals surface area (Å²) in [5.74, 6) is -0.248. The second-order valence-corrected chi connectivity index (χ2v) is 6.36. The molecule has 1 saturated heterocycles. The van der Waals surface area contributed by atoms with Crippen LogP contribution in [0.15, 0.2) is 0 Å². The van der Waals surface area contributed by atoms with Crippen molar-refractivity contribution in [2.24, 2.45) is 5.92 Å². The summed E-state index contributed by atoms with van der Waals surface area (Å²) in [6.07, 6.45) is 5.58. The Morgan fingerprint density at radius 2 is 2.00 bits per heavy atom. The van der Waals surface area contributed by atoms with Crippen LogP contribution < -0.4 is 5.32 Å². The Morgan fingerprint density at radius 1 is 1.24 bits per heavy atom. The van der Waals surface area contributed by atoms with E-state index in [2.05, 4.69) is 12.2 Å². The van der Waals surface area contributed by atoms with E-state index in [4.69, 9.17) is 4.74 Å². The third kappa shape index (κ3) is 4.09. The third-order valence-electron chi connectivity index (χ3n) is 4.73. The highest BCUT2D eigenvalue weighted by Crippen LogP contribution is 2.24. The first-order valence-electron chi connectivity index (χ1n) is 7.84. The monoisotopic (exact) mass is 298 g/mol. The Kier molecular flexibility index (Phi) is 5.45. The Bertz CT molecular complexity index is 388. The standard InChI is InChI=1S/C15H26N2O4/c1-10-4-3-5-11(7-6-10)16-15(20)17-9-12(21-2)8-13(17)14(18)19/h10-13H,3-9H2,1-2H3,(H,16,20)(H,18,19). The van der Waals surface area contributed by atoms with Gasteiger partial charge in [0.2, 0.25) is 0 Å². The van der Waals surface area contributed by atoms with Gasteiger partial charge in [-0.05, 0) is 25.2 Å². The van der Waals surface area contributed by atoms with E-state index in [-0.39, 0.29) is 18.2 Å². The molecule has 1 heterocycles. The largest absolute Gasteiger partial charge is 0.480 e. The fourth-order valence-corrected chi connectivity index (χ4v) is 3.32. The maximum absolute atomic E-state index is 12.4. The lowest BCUT2D eigenvalue weighted by Crippen LogP contribution is -2.49. The van der Waals surface area contributed by atoms with Gasteiger partial charge in [0.15, 0.2) is 0 Å². The van der Waals surface area contributed by atoms with Gasteiger partial charge in [-0.1, -0.05) is 19.8 Å². The van der Waals surface area contributed by atoms with Crippen LogP contribution in [0, 0.1) is 5.92 Å². The Hall–Kier alpha value is -1.30. The lowest BCUT2D eigenvalue weighted by atomic mass is 10.0. The van der Waals surface area contributed by atoms with Crippen LogP contribution in [0.25, 0.3) is 0 Å². The summed E-state index contributed by atoms with van der Waals surface area (Å²) < 4.78 is 5.21. The molecule has 4 atom stereocenters. The molecule has 0 aromatic rings. The van der Waals surface area contributed by atoms with E-state index in [1.807, 2.05) is 0 Å². The number of rotatable bonds is 3. The number of ether oxygens (including phenoxy) is 1. The topological polar surface area (TPSA) is 78.9 Å². The van der Waals surface area contributed by atoms with Crippen LogP contribution in [-0.2, 0) is 9.53 Å². The van der Waals surface area contributed by atoms with Crippen LogP contribution in [0.4, 0.5) is 4.79 Å². The molecule has 2 fully saturated rings. The molecule has 2 amide bonds. The van der Waals surface area contributed by atoms with Gasteiger partial charge in [0, 0.05) is 26.1 Å². The number of carboxylic acids is 1. The van der Waals surface area contributed by atoms with Crippen LogP contribution in [0.3, 0.4) is 0 Å². The summed E-state index contributed by atoms with van der Waals surface area (Å²) in [6.45, 7) is 2.59. The first kappa shape index (κ1) is 16.1. The summed E-state index contributed by atoms with van der Waals surface area (Å²) in [7, 11) is 1.55. The molecular weight excluding hydrogens is 272 g/mol. The van der Waals surface area contributed by atoms with E-state index in [1.54, 1.807) is 7.11 Å². The van der Waals surface area contributed by atoms with Gasteiger partial charge in [-0.3, -0.25) is 0 Å². The highest BCUT2D eigenvalue weighted by molar-refractivity contribution is 5.83. The number of hydrogen-bond donors (Lipinski definition) is 2. The number of carboxylic acid groups (broad SMARTS) is 1. The van der Waals surface area contributed by atoms with Gasteiger partial charge in [-0.15, -0.1) is 0 Å². The fraction of sp³-hybridized carbons (Fsp3) is 0.867. The van der Waals surface area contributed by atoms with E-state index in [0.717, 1.165) is 25.7 Å². The van der Waals surface area contributed by atoms with Gasteiger partial charge in [-0.25, -0.2) is 9.59 Å². The average molecular weight is 298 g/mol. The van der Waals surface area contributed by atoms with Gasteiger partial charge in [0.05, 0.1) is 6.10 Å². The first-order chi connectivity index (χ1) is 10.0. The van der Waals surface area contributed by atoms with E-state index in [9.17, 15) is 14.7 Å². The number of methoxy groups -OCH3 is 1. The van der Waals surface area contributed by atoms with Crippen molar-refractivity contribution in [2.75, 3.05) is 13.7 Å². The summed E-state index contributed by atoms with van der Waals surface area (Å²) in [6, 6.07) is -0.875. The van der Waals surface area contributed by atoms with Crippen LogP contribution in [0.2, 0.25) is 0 Å². The number of nitrogens with one attached hydrogen (secondary N) is 1. The zero-order chi connectivity index (χ0) is 15.4. The van der Waals surface area contributed by atoms with Gasteiger partial charge in [0.1, 0.15) is 6.04 Å². The molecule has 0 radical (unpaired) electrons. The molecule has 0 spiro atoms. The quantitative estimate of drug-likeness (QED) is 0.779. The predicted molar refractivity (Wildman–Crippen MR) is 78.1 cm³/mol. The van der Waals surface area contributed by atoms with Crippen molar-refractivity contribution in [1.82, 2.24) is 10.2 Å². The van der Waals surface area contributed by atoms with Crippen LogP contribution >= 0.6 is 0 Å². The highest BCUT2D eigenvalue weighted by atomic mass is 16.5. The summed E-state index contributed by atoms with van der Waals surface area (Å²) in [5.41, 5.74) is 0. The van der Waals surface area contributed by atoms with Gasteiger partial charge >= 0.3 is 12.0 Å². The molecule has 4 unspecified atom stereocenters. The van der Waals surface area contributed by atoms with Crippen LogP contribution in [0.5, 0.6) is 0 Å². The van der Waals surface area contributed by atoms with E-state index in [0.29, 0.717) is 18.9 Å². The second kappa shape index (κ2) is 7.11. The lowest BCUT2D eigenvalue weighted by molar-refractivity contribution is -0.141. The highest BCUT2D eigenvalue weighted by Gasteiger charge is 2.40. The molecule has 1 aliphatic carbocycles. The van der Waals surface area contributed by atoms with Crippen LogP contribution in [-0.4, -0.2) is 53.8 Å². The summed E-state index contributed by atoms with van der Waals surface area (Å²) >= 11 is 0. The van der Waals surface area contributed by atoms with E-state index >= 15 is 0 Å². The number of likely N-dealkylation sites (tertiary alicyclic amines) is 1. The van der Waals surface area contributed by atoms with Crippen molar-refractivity contribution < 1.29 is 19.4 Å². The molecule has 2 rings (SSSR count). The van der Waals surface area contributed by atoms with E-state index < -0.39 is 12.0 Å². The molecular formula is C15H26N2O4. The number of nitrogens with zero attached hydrogens (tertiary/aromatic N) is 1. The molecule has 120 valence electrons. The summed E-state index contributed by atoms with van der Waals surface area (Å²) in [4.78, 5) is 25.1. The number of carbonyl (C=O) groups is 2. The van der Waals surface area contributed by atoms with Crippen molar-refractivity contribution in [2.45, 2.75) is 63.6 Å². The minimum atomic E-state index is -0.959. The Balaban J connectivity index is 1.93. The minimum absolute atomic E-state index is 0.165. The second-order valence-electron chi connectivity index (χ2n) is 6.36. The number of aliphatic carboxylic acids is 1. The molecule has 0 bridgehead atoms. The fourth-order valence-electron chi connectivity index (χ4n) is 3.32. The summed E-state index contributed by atoms with van der Waals surface area (Å²) in [5, 5.41) is 12.3. The van der Waals surface area contributed by atoms with Crippen molar-refractivity contribution in [3.8, 4) is 0 Å². The Labute approximate surface area is 125 Å². The maximum Gasteiger partial charge on any atom is 0.326 e. The number of amides is 2. The zero-order valence-electron chi connectivity index (χ0n) is 12.9. The maximum atomic E-state index is 12.4. The van der Waals surface area contributed by atoms with Crippen molar-refractivity contribution in [1.29, 1.82) is 0 Å². The SMILES string of the molecule is COC1CC(C(=O)O)N(C(=O)NC2CCCC(C)CC2)C1. The normalized spacial score (nSPS) is 33.5. The molecule has 21 heavy (non-hydrogen) atoms.